The zero-order valence-corrected chi connectivity index (χ0v) is 21.4. The molecule has 0 unspecified atom stereocenters. The molecule has 0 aromatic carbocycles. The average Bonchev–Trinajstić information content (AvgIpc) is 2.75. The lowest BCUT2D eigenvalue weighted by Gasteiger charge is -2.19. The number of aliphatic carboxylic acids is 1. The zero-order valence-electron chi connectivity index (χ0n) is 21.4. The molecule has 0 fully saturated rings. The molecule has 0 heterocycles. The number of amides is 1. The summed E-state index contributed by atoms with van der Waals surface area (Å²) in [4.78, 5) is 24.7. The summed E-state index contributed by atoms with van der Waals surface area (Å²) in [5, 5.41) is 12.1. The van der Waals surface area contributed by atoms with Crippen molar-refractivity contribution in [2.24, 2.45) is 0 Å². The molecular weight excluding hydrogens is 400 g/mol. The normalized spacial score (nSPS) is 12.5. The zero-order chi connectivity index (χ0) is 23.9. The van der Waals surface area contributed by atoms with Gasteiger partial charge in [-0.3, -0.25) is 14.5 Å². The third-order valence-electron chi connectivity index (χ3n) is 6.05. The topological polar surface area (TPSA) is 69.6 Å². The minimum atomic E-state index is -0.781. The Kier molecular flexibility index (Phi) is 21.9. The Balaban J connectivity index is 3.39. The molecule has 1 amide bonds. The van der Waals surface area contributed by atoms with E-state index in [-0.39, 0.29) is 5.91 Å². The van der Waals surface area contributed by atoms with Crippen molar-refractivity contribution in [3.63, 3.8) is 0 Å². The van der Waals surface area contributed by atoms with E-state index in [2.05, 4.69) is 24.4 Å². The minimum absolute atomic E-state index is 0.113. The average molecular weight is 453 g/mol. The number of hydrogen-bond acceptors (Lipinski definition) is 3. The van der Waals surface area contributed by atoms with Gasteiger partial charge in [0.05, 0.1) is 0 Å². The molecule has 0 rings (SSSR count). The quantitative estimate of drug-likeness (QED) is 0.133. The summed E-state index contributed by atoms with van der Waals surface area (Å²) in [5.74, 6) is -0.668. The van der Waals surface area contributed by atoms with Gasteiger partial charge in [0.2, 0.25) is 5.91 Å². The number of rotatable bonds is 23. The second-order valence-electron chi connectivity index (χ2n) is 9.35. The molecule has 32 heavy (non-hydrogen) atoms. The number of unbranched alkanes of at least 4 members (excludes halogenated alkanes) is 13. The summed E-state index contributed by atoms with van der Waals surface area (Å²) in [6.45, 7) is 2.91. The summed E-state index contributed by atoms with van der Waals surface area (Å²) in [6, 6.07) is -0.441. The fourth-order valence-corrected chi connectivity index (χ4v) is 3.91. The Labute approximate surface area is 198 Å². The van der Waals surface area contributed by atoms with E-state index >= 15 is 0 Å². The van der Waals surface area contributed by atoms with Crippen LogP contribution < -0.4 is 5.32 Å². The largest absolute Gasteiger partial charge is 0.480 e. The van der Waals surface area contributed by atoms with Crippen molar-refractivity contribution in [3.8, 4) is 0 Å². The highest BCUT2D eigenvalue weighted by molar-refractivity contribution is 5.75. The number of carboxylic acid groups (broad SMARTS) is 1. The molecule has 0 aliphatic carbocycles. The maximum Gasteiger partial charge on any atom is 0.320 e. The molecule has 0 saturated carbocycles. The molecule has 0 spiro atoms. The molecule has 5 heteroatoms. The van der Waals surface area contributed by atoms with Crippen LogP contribution in [0.1, 0.15) is 122 Å². The van der Waals surface area contributed by atoms with Gasteiger partial charge in [-0.2, -0.15) is 0 Å². The number of carbonyl (C=O) groups excluding carboxylic acids is 1. The van der Waals surface area contributed by atoms with Gasteiger partial charge in [-0.15, -0.1) is 0 Å². The number of allylic oxidation sites excluding steroid dienone is 2. The highest BCUT2D eigenvalue weighted by Gasteiger charge is 2.18. The van der Waals surface area contributed by atoms with E-state index in [1.54, 1.807) is 19.0 Å². The van der Waals surface area contributed by atoms with E-state index < -0.39 is 12.0 Å². The highest BCUT2D eigenvalue weighted by Crippen LogP contribution is 2.12. The Morgan fingerprint density at radius 2 is 1.31 bits per heavy atom. The van der Waals surface area contributed by atoms with Crippen molar-refractivity contribution in [2.75, 3.05) is 20.6 Å². The van der Waals surface area contributed by atoms with Gasteiger partial charge in [-0.25, -0.2) is 0 Å². The van der Waals surface area contributed by atoms with Gasteiger partial charge in [0.15, 0.2) is 0 Å². The molecule has 0 aliphatic rings. The van der Waals surface area contributed by atoms with Gasteiger partial charge < -0.3 is 10.4 Å². The lowest BCUT2D eigenvalue weighted by molar-refractivity contribution is -0.142. The summed E-state index contributed by atoms with van der Waals surface area (Å²) in [6.07, 6.45) is 25.5. The predicted molar refractivity (Wildman–Crippen MR) is 136 cm³/mol. The van der Waals surface area contributed by atoms with Crippen LogP contribution in [0.3, 0.4) is 0 Å². The monoisotopic (exact) mass is 452 g/mol. The maximum absolute atomic E-state index is 11.9. The van der Waals surface area contributed by atoms with Crippen molar-refractivity contribution in [3.05, 3.63) is 12.2 Å². The highest BCUT2D eigenvalue weighted by atomic mass is 16.4. The van der Waals surface area contributed by atoms with Gasteiger partial charge >= 0.3 is 5.97 Å². The predicted octanol–water partition coefficient (Wildman–Crippen LogP) is 6.72. The Bertz CT molecular complexity index is 478. The third kappa shape index (κ3) is 20.5. The van der Waals surface area contributed by atoms with Gasteiger partial charge in [-0.05, 0) is 65.5 Å². The van der Waals surface area contributed by atoms with E-state index in [1.165, 1.54) is 70.6 Å². The summed E-state index contributed by atoms with van der Waals surface area (Å²) in [5.41, 5.74) is 0. The molecule has 0 saturated heterocycles. The number of likely N-dealkylation sites (N-methyl/N-ethyl adjacent to an activating group) is 1. The number of nitrogens with one attached hydrogen (secondary N) is 1. The fourth-order valence-electron chi connectivity index (χ4n) is 3.91. The Hall–Kier alpha value is -1.36. The van der Waals surface area contributed by atoms with Crippen LogP contribution >= 0.6 is 0 Å². The SMILES string of the molecule is CCCCCCCCCCCC/C=C/CCCCC(=O)NCCCC[C@@H](C(=O)O)N(C)C. The number of carboxylic acids is 1. The molecule has 5 nitrogen and oxygen atoms in total. The van der Waals surface area contributed by atoms with Gasteiger partial charge in [0, 0.05) is 13.0 Å². The first-order valence-electron chi connectivity index (χ1n) is 13.3. The Morgan fingerprint density at radius 3 is 1.84 bits per heavy atom. The molecule has 0 aromatic rings. The smallest absolute Gasteiger partial charge is 0.320 e. The van der Waals surface area contributed by atoms with Crippen molar-refractivity contribution in [1.82, 2.24) is 10.2 Å². The second-order valence-corrected chi connectivity index (χ2v) is 9.35. The number of hydrogen-bond donors (Lipinski definition) is 2. The standard InChI is InChI=1S/C27H52N2O3/c1-4-5-6-7-8-9-10-11-12-13-14-15-16-17-18-19-23-26(30)28-24-21-20-22-25(27(31)32)29(2)3/h15-16,25H,4-14,17-24H2,1-3H3,(H,28,30)(H,31,32)/b16-15+/t25-/m0/s1. The minimum Gasteiger partial charge on any atom is -0.480 e. The lowest BCUT2D eigenvalue weighted by Crippen LogP contribution is -2.35. The molecule has 0 bridgehead atoms. The third-order valence-corrected chi connectivity index (χ3v) is 6.05. The van der Waals surface area contributed by atoms with E-state index in [1.807, 2.05) is 0 Å². The van der Waals surface area contributed by atoms with Crippen LogP contribution in [0.15, 0.2) is 12.2 Å². The van der Waals surface area contributed by atoms with Gasteiger partial charge in [0.1, 0.15) is 6.04 Å². The van der Waals surface area contributed by atoms with Crippen LogP contribution in [0.2, 0.25) is 0 Å². The van der Waals surface area contributed by atoms with Crippen molar-refractivity contribution in [1.29, 1.82) is 0 Å². The fraction of sp³-hybridized carbons (Fsp3) is 0.852. The molecule has 0 aromatic heterocycles. The van der Waals surface area contributed by atoms with Crippen LogP contribution in [-0.2, 0) is 9.59 Å². The second kappa shape index (κ2) is 22.8. The van der Waals surface area contributed by atoms with E-state index in [9.17, 15) is 9.59 Å². The van der Waals surface area contributed by atoms with Gasteiger partial charge in [-0.1, -0.05) is 76.9 Å². The molecule has 0 radical (unpaired) electrons. The van der Waals surface area contributed by atoms with Gasteiger partial charge in [0.25, 0.3) is 0 Å². The first-order valence-corrected chi connectivity index (χ1v) is 13.3. The summed E-state index contributed by atoms with van der Waals surface area (Å²) < 4.78 is 0. The van der Waals surface area contributed by atoms with Crippen molar-refractivity contribution in [2.45, 2.75) is 129 Å². The molecule has 188 valence electrons. The van der Waals surface area contributed by atoms with Crippen molar-refractivity contribution >= 4 is 11.9 Å². The number of nitrogens with zero attached hydrogens (tertiary/aromatic N) is 1. The van der Waals surface area contributed by atoms with Crippen LogP contribution in [-0.4, -0.2) is 48.6 Å². The molecule has 2 N–H and O–H groups in total. The van der Waals surface area contributed by atoms with E-state index in [0.717, 1.165) is 32.1 Å². The molecule has 0 aliphatic heterocycles. The van der Waals surface area contributed by atoms with Crippen molar-refractivity contribution < 1.29 is 14.7 Å². The molecule has 1 atom stereocenters. The van der Waals surface area contributed by atoms with E-state index in [4.69, 9.17) is 5.11 Å². The summed E-state index contributed by atoms with van der Waals surface area (Å²) in [7, 11) is 3.57. The van der Waals surface area contributed by atoms with Crippen LogP contribution in [0.4, 0.5) is 0 Å². The maximum atomic E-state index is 11.9. The Morgan fingerprint density at radius 1 is 0.781 bits per heavy atom. The lowest BCUT2D eigenvalue weighted by atomic mass is 10.1. The van der Waals surface area contributed by atoms with Crippen LogP contribution in [0.5, 0.6) is 0 Å². The van der Waals surface area contributed by atoms with Crippen LogP contribution in [0.25, 0.3) is 0 Å². The first kappa shape index (κ1) is 30.6. The molecular formula is C27H52N2O3. The first-order chi connectivity index (χ1) is 15.5. The van der Waals surface area contributed by atoms with Crippen LogP contribution in [0, 0.1) is 0 Å². The summed E-state index contributed by atoms with van der Waals surface area (Å²) >= 11 is 0. The van der Waals surface area contributed by atoms with E-state index in [0.29, 0.717) is 19.4 Å². The number of carbonyl (C=O) groups is 2.